The van der Waals surface area contributed by atoms with Gasteiger partial charge in [0, 0.05) is 7.05 Å². The summed E-state index contributed by atoms with van der Waals surface area (Å²) in [6.45, 7) is 1.86. The lowest BCUT2D eigenvalue weighted by Gasteiger charge is -2.07. The molecule has 0 spiro atoms. The van der Waals surface area contributed by atoms with Crippen LogP contribution in [0.3, 0.4) is 0 Å². The van der Waals surface area contributed by atoms with Crippen LogP contribution in [0.1, 0.15) is 5.69 Å². The largest absolute Gasteiger partial charge is 0.382 e. The van der Waals surface area contributed by atoms with Crippen molar-refractivity contribution in [3.63, 3.8) is 0 Å². The van der Waals surface area contributed by atoms with Crippen molar-refractivity contribution in [1.82, 2.24) is 15.4 Å². The molecule has 0 aliphatic rings. The van der Waals surface area contributed by atoms with Gasteiger partial charge in [-0.25, -0.2) is 15.4 Å². The number of hydrogen-bond acceptors (Lipinski definition) is 5. The third-order valence-electron chi connectivity index (χ3n) is 1.32. The molecule has 0 aliphatic carbocycles. The average molecular weight is 153 g/mol. The van der Waals surface area contributed by atoms with Crippen LogP contribution in [0.25, 0.3) is 0 Å². The van der Waals surface area contributed by atoms with E-state index in [2.05, 4.69) is 20.8 Å². The molecule has 0 aliphatic heterocycles. The number of nitrogens with two attached hydrogens (primary N) is 1. The number of nitrogens with zero attached hydrogens (tertiary/aromatic N) is 2. The van der Waals surface area contributed by atoms with Crippen LogP contribution >= 0.6 is 0 Å². The van der Waals surface area contributed by atoms with E-state index < -0.39 is 0 Å². The highest BCUT2D eigenvalue weighted by atomic mass is 15.3. The quantitative estimate of drug-likeness (QED) is 0.518. The minimum atomic E-state index is 0.451. The predicted octanol–water partition coefficient (Wildman–Crippen LogP) is -0.0865. The molecule has 0 amide bonds. The van der Waals surface area contributed by atoms with Crippen molar-refractivity contribution in [1.29, 1.82) is 0 Å². The van der Waals surface area contributed by atoms with Crippen molar-refractivity contribution >= 4 is 11.5 Å². The third-order valence-corrected chi connectivity index (χ3v) is 1.32. The molecule has 0 atom stereocenters. The van der Waals surface area contributed by atoms with E-state index in [1.165, 1.54) is 6.33 Å². The Hall–Kier alpha value is -1.36. The van der Waals surface area contributed by atoms with E-state index in [9.17, 15) is 0 Å². The number of aryl methyl sites for hydroxylation is 1. The number of nitrogens with one attached hydrogen (secondary N) is 2. The maximum Gasteiger partial charge on any atom is 0.151 e. The third kappa shape index (κ3) is 1.56. The maximum atomic E-state index is 5.55. The van der Waals surface area contributed by atoms with Gasteiger partial charge in [-0.15, -0.1) is 0 Å². The van der Waals surface area contributed by atoms with Crippen molar-refractivity contribution in [3.8, 4) is 0 Å². The summed E-state index contributed by atoms with van der Waals surface area (Å²) >= 11 is 0. The van der Waals surface area contributed by atoms with Gasteiger partial charge >= 0.3 is 0 Å². The molecule has 0 fully saturated rings. The molecule has 5 nitrogen and oxygen atoms in total. The van der Waals surface area contributed by atoms with Gasteiger partial charge in [0.25, 0.3) is 0 Å². The lowest BCUT2D eigenvalue weighted by Crippen LogP contribution is -2.18. The van der Waals surface area contributed by atoms with Crippen molar-refractivity contribution in [2.24, 2.45) is 0 Å². The second-order valence-electron chi connectivity index (χ2n) is 2.09. The first-order chi connectivity index (χ1) is 5.25. The average Bonchev–Trinajstić information content (AvgIpc) is 1.97. The number of aromatic nitrogens is 2. The Bertz CT molecular complexity index is 226. The smallest absolute Gasteiger partial charge is 0.151 e. The second-order valence-corrected chi connectivity index (χ2v) is 2.09. The summed E-state index contributed by atoms with van der Waals surface area (Å²) in [6.07, 6.45) is 1.44. The van der Waals surface area contributed by atoms with Crippen LogP contribution < -0.4 is 16.6 Å². The Kier molecular flexibility index (Phi) is 2.22. The topological polar surface area (TPSA) is 75.9 Å². The summed E-state index contributed by atoms with van der Waals surface area (Å²) in [5, 5.41) is 0. The number of anilines is 2. The van der Waals surface area contributed by atoms with Gasteiger partial charge in [0.15, 0.2) is 5.82 Å². The molecule has 5 heteroatoms. The monoisotopic (exact) mass is 153 g/mol. The highest BCUT2D eigenvalue weighted by Gasteiger charge is 2.01. The lowest BCUT2D eigenvalue weighted by molar-refractivity contribution is 0.963. The Morgan fingerprint density at radius 2 is 2.18 bits per heavy atom. The number of nitrogen functional groups attached to an aromatic ring is 1. The van der Waals surface area contributed by atoms with Gasteiger partial charge < -0.3 is 11.2 Å². The van der Waals surface area contributed by atoms with Gasteiger partial charge in [-0.3, -0.25) is 0 Å². The SMILES string of the molecule is CNNc1c(C)ncnc1N. The molecule has 1 aromatic heterocycles. The van der Waals surface area contributed by atoms with Crippen molar-refractivity contribution < 1.29 is 0 Å². The van der Waals surface area contributed by atoms with Crippen LogP contribution in [0.15, 0.2) is 6.33 Å². The van der Waals surface area contributed by atoms with Gasteiger partial charge in [0.05, 0.1) is 5.69 Å². The zero-order valence-electron chi connectivity index (χ0n) is 6.55. The first-order valence-corrected chi connectivity index (χ1v) is 3.25. The molecular weight excluding hydrogens is 142 g/mol. The van der Waals surface area contributed by atoms with E-state index >= 15 is 0 Å². The van der Waals surface area contributed by atoms with E-state index in [1.807, 2.05) is 6.92 Å². The normalized spacial score (nSPS) is 9.64. The summed E-state index contributed by atoms with van der Waals surface area (Å²) in [5.41, 5.74) is 12.7. The van der Waals surface area contributed by atoms with Gasteiger partial charge in [-0.1, -0.05) is 0 Å². The molecule has 60 valence electrons. The molecule has 0 saturated carbocycles. The standard InChI is InChI=1S/C6H11N5/c1-4-5(11-8-2)6(7)10-3-9-4/h3,8,11H,1-2H3,(H2,7,9,10). The van der Waals surface area contributed by atoms with Crippen LogP contribution in [-0.2, 0) is 0 Å². The fourth-order valence-electron chi connectivity index (χ4n) is 0.772. The second kappa shape index (κ2) is 3.16. The maximum absolute atomic E-state index is 5.55. The molecule has 0 unspecified atom stereocenters. The molecule has 0 aromatic carbocycles. The predicted molar refractivity (Wildman–Crippen MR) is 43.9 cm³/mol. The van der Waals surface area contributed by atoms with E-state index in [0.29, 0.717) is 5.82 Å². The summed E-state index contributed by atoms with van der Waals surface area (Å²) < 4.78 is 0. The summed E-state index contributed by atoms with van der Waals surface area (Å²) in [4.78, 5) is 7.79. The summed E-state index contributed by atoms with van der Waals surface area (Å²) in [7, 11) is 1.76. The molecular formula is C6H11N5. The van der Waals surface area contributed by atoms with Gasteiger partial charge in [0.2, 0.25) is 0 Å². The minimum Gasteiger partial charge on any atom is -0.382 e. The minimum absolute atomic E-state index is 0.451. The number of hydrogen-bond donors (Lipinski definition) is 3. The number of hydrazine groups is 1. The van der Waals surface area contributed by atoms with E-state index in [4.69, 9.17) is 5.73 Å². The van der Waals surface area contributed by atoms with E-state index in [1.54, 1.807) is 7.05 Å². The summed E-state index contributed by atoms with van der Waals surface area (Å²) in [6, 6.07) is 0. The molecule has 4 N–H and O–H groups in total. The molecule has 0 bridgehead atoms. The first-order valence-electron chi connectivity index (χ1n) is 3.25. The fourth-order valence-corrected chi connectivity index (χ4v) is 0.772. The van der Waals surface area contributed by atoms with Crippen LogP contribution in [0, 0.1) is 6.92 Å². The molecule has 1 heterocycles. The Morgan fingerprint density at radius 3 is 2.73 bits per heavy atom. The Balaban J connectivity index is 3.00. The van der Waals surface area contributed by atoms with Crippen molar-refractivity contribution in [2.75, 3.05) is 18.2 Å². The first kappa shape index (κ1) is 7.74. The van der Waals surface area contributed by atoms with Crippen LogP contribution in [0.2, 0.25) is 0 Å². The van der Waals surface area contributed by atoms with E-state index in [-0.39, 0.29) is 0 Å². The highest BCUT2D eigenvalue weighted by Crippen LogP contribution is 2.15. The van der Waals surface area contributed by atoms with E-state index in [0.717, 1.165) is 11.4 Å². The molecule has 1 rings (SSSR count). The van der Waals surface area contributed by atoms with Crippen LogP contribution in [0.5, 0.6) is 0 Å². The van der Waals surface area contributed by atoms with Crippen LogP contribution in [0.4, 0.5) is 11.5 Å². The van der Waals surface area contributed by atoms with Gasteiger partial charge in [0.1, 0.15) is 12.0 Å². The zero-order chi connectivity index (χ0) is 8.27. The molecule has 1 aromatic rings. The van der Waals surface area contributed by atoms with Gasteiger partial charge in [-0.05, 0) is 6.92 Å². The highest BCUT2D eigenvalue weighted by molar-refractivity contribution is 5.62. The van der Waals surface area contributed by atoms with Crippen molar-refractivity contribution in [3.05, 3.63) is 12.0 Å². The summed E-state index contributed by atoms with van der Waals surface area (Å²) in [5.74, 6) is 0.451. The van der Waals surface area contributed by atoms with Crippen LogP contribution in [-0.4, -0.2) is 17.0 Å². The lowest BCUT2D eigenvalue weighted by atomic mass is 10.3. The Labute approximate surface area is 65.0 Å². The Morgan fingerprint density at radius 1 is 1.45 bits per heavy atom. The molecule has 0 radical (unpaired) electrons. The zero-order valence-corrected chi connectivity index (χ0v) is 6.55. The van der Waals surface area contributed by atoms with Gasteiger partial charge in [-0.2, -0.15) is 0 Å². The molecule has 11 heavy (non-hydrogen) atoms. The van der Waals surface area contributed by atoms with Crippen molar-refractivity contribution in [2.45, 2.75) is 6.92 Å². The molecule has 0 saturated heterocycles. The number of rotatable bonds is 2. The fraction of sp³-hybridized carbons (Fsp3) is 0.333.